The van der Waals surface area contributed by atoms with Gasteiger partial charge < -0.3 is 5.11 Å². The van der Waals surface area contributed by atoms with E-state index in [1.54, 1.807) is 0 Å². The average molecular weight is 267 g/mol. The zero-order valence-electron chi connectivity index (χ0n) is 11.5. The number of imide groups is 1. The number of aliphatic carboxylic acids is 1. The molecule has 1 N–H and O–H groups in total. The largest absolute Gasteiger partial charge is 0.481 e. The van der Waals surface area contributed by atoms with Crippen molar-refractivity contribution in [3.63, 3.8) is 0 Å². The van der Waals surface area contributed by atoms with Gasteiger partial charge in [-0.3, -0.25) is 19.3 Å². The predicted octanol–water partition coefficient (Wildman–Crippen LogP) is 1.66. The topological polar surface area (TPSA) is 74.7 Å². The predicted molar refractivity (Wildman–Crippen MR) is 68.2 cm³/mol. The van der Waals surface area contributed by atoms with E-state index in [4.69, 9.17) is 5.11 Å². The van der Waals surface area contributed by atoms with Crippen LogP contribution in [0, 0.1) is 17.8 Å². The first-order valence-corrected chi connectivity index (χ1v) is 7.00. The van der Waals surface area contributed by atoms with Crippen molar-refractivity contribution in [1.82, 2.24) is 4.90 Å². The van der Waals surface area contributed by atoms with Crippen molar-refractivity contribution in [3.8, 4) is 0 Å². The Labute approximate surface area is 113 Å². The van der Waals surface area contributed by atoms with Crippen LogP contribution >= 0.6 is 0 Å². The second-order valence-corrected chi connectivity index (χ2v) is 5.97. The molecule has 1 heterocycles. The Morgan fingerprint density at radius 1 is 1.32 bits per heavy atom. The molecule has 5 heteroatoms. The summed E-state index contributed by atoms with van der Waals surface area (Å²) in [5.41, 5.74) is 0. The highest BCUT2D eigenvalue weighted by Crippen LogP contribution is 2.43. The summed E-state index contributed by atoms with van der Waals surface area (Å²) in [5, 5.41) is 8.61. The van der Waals surface area contributed by atoms with E-state index >= 15 is 0 Å². The number of hydrogen-bond donors (Lipinski definition) is 1. The molecule has 3 atom stereocenters. The fourth-order valence-electron chi connectivity index (χ4n) is 3.42. The van der Waals surface area contributed by atoms with Crippen LogP contribution in [-0.2, 0) is 14.4 Å². The molecular weight excluding hydrogens is 246 g/mol. The van der Waals surface area contributed by atoms with Gasteiger partial charge in [0.05, 0.1) is 11.8 Å². The van der Waals surface area contributed by atoms with Crippen LogP contribution in [0.1, 0.15) is 46.0 Å². The summed E-state index contributed by atoms with van der Waals surface area (Å²) in [6, 6.07) is -0.180. The molecule has 5 nitrogen and oxygen atoms in total. The zero-order chi connectivity index (χ0) is 14.2. The zero-order valence-corrected chi connectivity index (χ0v) is 11.5. The Kier molecular flexibility index (Phi) is 3.92. The Hall–Kier alpha value is -1.39. The van der Waals surface area contributed by atoms with Crippen LogP contribution in [0.15, 0.2) is 0 Å². The summed E-state index contributed by atoms with van der Waals surface area (Å²) >= 11 is 0. The van der Waals surface area contributed by atoms with Crippen LogP contribution in [0.5, 0.6) is 0 Å². The lowest BCUT2D eigenvalue weighted by molar-refractivity contribution is -0.143. The van der Waals surface area contributed by atoms with Crippen molar-refractivity contribution < 1.29 is 19.5 Å². The summed E-state index contributed by atoms with van der Waals surface area (Å²) in [7, 11) is 0. The molecule has 19 heavy (non-hydrogen) atoms. The Bertz CT molecular complexity index is 382. The molecule has 1 saturated heterocycles. The molecule has 1 aliphatic heterocycles. The van der Waals surface area contributed by atoms with E-state index < -0.39 is 5.97 Å². The van der Waals surface area contributed by atoms with Gasteiger partial charge in [0.2, 0.25) is 11.8 Å². The van der Waals surface area contributed by atoms with Crippen LogP contribution in [0.2, 0.25) is 0 Å². The van der Waals surface area contributed by atoms with Gasteiger partial charge in [-0.15, -0.1) is 0 Å². The third kappa shape index (κ3) is 2.65. The van der Waals surface area contributed by atoms with E-state index in [9.17, 15) is 14.4 Å². The molecule has 3 unspecified atom stereocenters. The maximum absolute atomic E-state index is 12.3. The third-order valence-electron chi connectivity index (χ3n) is 4.36. The summed E-state index contributed by atoms with van der Waals surface area (Å²) in [5.74, 6) is -0.706. The number of hydrogen-bond acceptors (Lipinski definition) is 3. The first-order chi connectivity index (χ1) is 8.91. The lowest BCUT2D eigenvalue weighted by Crippen LogP contribution is -2.39. The van der Waals surface area contributed by atoms with E-state index in [0.717, 1.165) is 12.8 Å². The van der Waals surface area contributed by atoms with E-state index in [2.05, 4.69) is 6.92 Å². The van der Waals surface area contributed by atoms with E-state index in [1.807, 2.05) is 6.92 Å². The molecule has 0 bridgehead atoms. The van der Waals surface area contributed by atoms with Crippen LogP contribution in [0.25, 0.3) is 0 Å². The van der Waals surface area contributed by atoms with Crippen molar-refractivity contribution in [2.24, 2.45) is 17.8 Å². The van der Waals surface area contributed by atoms with Crippen LogP contribution in [-0.4, -0.2) is 33.8 Å². The minimum Gasteiger partial charge on any atom is -0.481 e. The molecule has 0 radical (unpaired) electrons. The number of carboxylic acids is 1. The molecule has 0 spiro atoms. The molecule has 2 fully saturated rings. The van der Waals surface area contributed by atoms with Crippen molar-refractivity contribution in [2.75, 3.05) is 0 Å². The van der Waals surface area contributed by atoms with E-state index in [-0.39, 0.29) is 36.1 Å². The number of rotatable bonds is 5. The van der Waals surface area contributed by atoms with Crippen molar-refractivity contribution in [3.05, 3.63) is 0 Å². The fourth-order valence-corrected chi connectivity index (χ4v) is 3.42. The molecule has 0 aromatic carbocycles. The molecule has 2 aliphatic rings. The lowest BCUT2D eigenvalue weighted by atomic mass is 10.00. The number of likely N-dealkylation sites (tertiary alicyclic amines) is 1. The highest BCUT2D eigenvalue weighted by Gasteiger charge is 2.52. The number of carboxylic acid groups (broad SMARTS) is 1. The molecule has 106 valence electrons. The fraction of sp³-hybridized carbons (Fsp3) is 0.786. The number of nitrogens with zero attached hydrogens (tertiary/aromatic N) is 1. The van der Waals surface area contributed by atoms with Gasteiger partial charge in [-0.05, 0) is 38.5 Å². The molecule has 0 aromatic rings. The van der Waals surface area contributed by atoms with E-state index in [0.29, 0.717) is 18.8 Å². The number of carbonyl (C=O) groups excluding carboxylic acids is 2. The van der Waals surface area contributed by atoms with Gasteiger partial charge in [-0.2, -0.15) is 0 Å². The molecule has 1 aliphatic carbocycles. The van der Waals surface area contributed by atoms with Gasteiger partial charge in [0.1, 0.15) is 0 Å². The average Bonchev–Trinajstić information content (AvgIpc) is 2.79. The molecule has 0 aromatic heterocycles. The molecular formula is C14H21NO4. The molecule has 2 amide bonds. The van der Waals surface area contributed by atoms with Gasteiger partial charge in [0.15, 0.2) is 0 Å². The highest BCUT2D eigenvalue weighted by atomic mass is 16.4. The van der Waals surface area contributed by atoms with Gasteiger partial charge in [0, 0.05) is 12.5 Å². The summed E-state index contributed by atoms with van der Waals surface area (Å²) in [4.78, 5) is 36.4. The summed E-state index contributed by atoms with van der Waals surface area (Å²) in [6.45, 7) is 3.92. The first-order valence-electron chi connectivity index (χ1n) is 7.00. The Balaban J connectivity index is 1.96. The Morgan fingerprint density at radius 2 is 1.84 bits per heavy atom. The quantitative estimate of drug-likeness (QED) is 0.769. The Morgan fingerprint density at radius 3 is 2.32 bits per heavy atom. The second kappa shape index (κ2) is 5.31. The summed E-state index contributed by atoms with van der Waals surface area (Å²) < 4.78 is 0. The normalized spacial score (nSPS) is 31.7. The van der Waals surface area contributed by atoms with Gasteiger partial charge in [-0.25, -0.2) is 0 Å². The maximum atomic E-state index is 12.3. The minimum atomic E-state index is -0.836. The molecule has 2 rings (SSSR count). The van der Waals surface area contributed by atoms with Crippen molar-refractivity contribution >= 4 is 17.8 Å². The third-order valence-corrected chi connectivity index (χ3v) is 4.36. The van der Waals surface area contributed by atoms with Crippen molar-refractivity contribution in [2.45, 2.75) is 52.0 Å². The number of amides is 2. The van der Waals surface area contributed by atoms with Gasteiger partial charge in [0.25, 0.3) is 0 Å². The standard InChI is InChI=1S/C14H21NO4/c1-8-6-10-11(7-8)14(19)15(13(10)18)9(2)4-3-5-12(16)17/h8-11H,3-7H2,1-2H3,(H,16,17). The highest BCUT2D eigenvalue weighted by molar-refractivity contribution is 6.05. The maximum Gasteiger partial charge on any atom is 0.303 e. The van der Waals surface area contributed by atoms with Gasteiger partial charge in [-0.1, -0.05) is 6.92 Å². The monoisotopic (exact) mass is 267 g/mol. The van der Waals surface area contributed by atoms with Gasteiger partial charge >= 0.3 is 5.97 Å². The van der Waals surface area contributed by atoms with E-state index in [1.165, 1.54) is 4.90 Å². The smallest absolute Gasteiger partial charge is 0.303 e. The van der Waals surface area contributed by atoms with Crippen LogP contribution in [0.4, 0.5) is 0 Å². The SMILES string of the molecule is CC1CC2C(=O)N(C(C)CCCC(=O)O)C(=O)C2C1. The van der Waals surface area contributed by atoms with Crippen LogP contribution < -0.4 is 0 Å². The second-order valence-electron chi connectivity index (χ2n) is 5.97. The lowest BCUT2D eigenvalue weighted by Gasteiger charge is -2.24. The first kappa shape index (κ1) is 14.0. The molecule has 1 saturated carbocycles. The minimum absolute atomic E-state index is 0.0397. The van der Waals surface area contributed by atoms with Crippen LogP contribution in [0.3, 0.4) is 0 Å². The summed E-state index contributed by atoms with van der Waals surface area (Å²) in [6.07, 6.45) is 2.78. The number of fused-ring (bicyclic) bond motifs is 1. The number of carbonyl (C=O) groups is 3. The van der Waals surface area contributed by atoms with Crippen molar-refractivity contribution in [1.29, 1.82) is 0 Å².